The number of rotatable bonds is 3. The molecule has 2 heterocycles. The second-order valence-electron chi connectivity index (χ2n) is 4.23. The highest BCUT2D eigenvalue weighted by molar-refractivity contribution is 14.1. The van der Waals surface area contributed by atoms with Crippen molar-refractivity contribution in [2.75, 3.05) is 0 Å². The minimum absolute atomic E-state index is 0.0199. The van der Waals surface area contributed by atoms with Gasteiger partial charge in [0.15, 0.2) is 4.96 Å². The van der Waals surface area contributed by atoms with Crippen molar-refractivity contribution < 1.29 is 9.53 Å². The third-order valence-corrected chi connectivity index (χ3v) is 4.20. The second-order valence-corrected chi connectivity index (χ2v) is 6.35. The van der Waals surface area contributed by atoms with Crippen LogP contribution in [-0.4, -0.2) is 15.4 Å². The molecule has 0 amide bonds. The third-order valence-electron chi connectivity index (χ3n) is 2.77. The first-order valence-corrected chi connectivity index (χ1v) is 7.98. The standard InChI is InChI=1S/C14H9IN2O3S/c15-10-3-1-2-9(6-10)13(19)20-8-11-7-12(18)17-4-5-21-14(17)16-11/h1-7H,8H2. The molecule has 0 saturated heterocycles. The maximum atomic E-state index is 11.9. The second kappa shape index (κ2) is 5.94. The van der Waals surface area contributed by atoms with E-state index in [1.165, 1.54) is 21.8 Å². The first-order chi connectivity index (χ1) is 10.1. The quantitative estimate of drug-likeness (QED) is 0.491. The number of hydrogen-bond acceptors (Lipinski definition) is 5. The smallest absolute Gasteiger partial charge is 0.338 e. The van der Waals surface area contributed by atoms with Gasteiger partial charge in [-0.3, -0.25) is 9.20 Å². The maximum absolute atomic E-state index is 11.9. The van der Waals surface area contributed by atoms with Crippen molar-refractivity contribution in [3.05, 3.63) is 67.1 Å². The van der Waals surface area contributed by atoms with Crippen LogP contribution in [0.3, 0.4) is 0 Å². The van der Waals surface area contributed by atoms with E-state index >= 15 is 0 Å². The van der Waals surface area contributed by atoms with Crippen LogP contribution >= 0.6 is 33.9 Å². The van der Waals surface area contributed by atoms with Crippen molar-refractivity contribution in [2.45, 2.75) is 6.61 Å². The predicted molar refractivity (Wildman–Crippen MR) is 87.6 cm³/mol. The highest BCUT2D eigenvalue weighted by atomic mass is 127. The van der Waals surface area contributed by atoms with Crippen LogP contribution in [0.15, 0.2) is 46.7 Å². The summed E-state index contributed by atoms with van der Waals surface area (Å²) in [5.74, 6) is -0.429. The molecule has 1 aromatic carbocycles. The summed E-state index contributed by atoms with van der Waals surface area (Å²) in [6.45, 7) is -0.0199. The molecule has 0 radical (unpaired) electrons. The molecule has 0 atom stereocenters. The van der Waals surface area contributed by atoms with E-state index in [2.05, 4.69) is 27.6 Å². The molecule has 0 aliphatic rings. The van der Waals surface area contributed by atoms with E-state index in [9.17, 15) is 9.59 Å². The largest absolute Gasteiger partial charge is 0.456 e. The van der Waals surface area contributed by atoms with E-state index in [1.807, 2.05) is 6.07 Å². The number of carbonyl (C=O) groups is 1. The molecular formula is C14H9IN2O3S. The summed E-state index contributed by atoms with van der Waals surface area (Å²) in [6, 6.07) is 8.50. The molecule has 2 aromatic heterocycles. The Bertz CT molecular complexity index is 872. The Morgan fingerprint density at radius 1 is 1.38 bits per heavy atom. The number of carbonyl (C=O) groups excluding carboxylic acids is 1. The summed E-state index contributed by atoms with van der Waals surface area (Å²) in [5.41, 5.74) is 0.749. The summed E-state index contributed by atoms with van der Waals surface area (Å²) in [7, 11) is 0. The van der Waals surface area contributed by atoms with Gasteiger partial charge in [-0.2, -0.15) is 0 Å². The monoisotopic (exact) mass is 412 g/mol. The number of hydrogen-bond donors (Lipinski definition) is 0. The molecule has 0 aliphatic heterocycles. The Kier molecular flexibility index (Phi) is 4.02. The number of thiazole rings is 1. The molecule has 0 N–H and O–H groups in total. The zero-order chi connectivity index (χ0) is 14.8. The summed E-state index contributed by atoms with van der Waals surface area (Å²) >= 11 is 3.49. The highest BCUT2D eigenvalue weighted by Crippen LogP contribution is 2.11. The van der Waals surface area contributed by atoms with Crippen LogP contribution in [0.4, 0.5) is 0 Å². The van der Waals surface area contributed by atoms with Crippen molar-refractivity contribution in [1.29, 1.82) is 0 Å². The van der Waals surface area contributed by atoms with E-state index in [4.69, 9.17) is 4.74 Å². The van der Waals surface area contributed by atoms with Crippen molar-refractivity contribution in [3.63, 3.8) is 0 Å². The molecule has 0 fully saturated rings. The highest BCUT2D eigenvalue weighted by Gasteiger charge is 2.09. The van der Waals surface area contributed by atoms with E-state index in [0.29, 0.717) is 16.2 Å². The Balaban J connectivity index is 1.77. The number of ether oxygens (including phenoxy) is 1. The van der Waals surface area contributed by atoms with Gasteiger partial charge in [0.25, 0.3) is 5.56 Å². The van der Waals surface area contributed by atoms with Crippen LogP contribution < -0.4 is 5.56 Å². The van der Waals surface area contributed by atoms with Gasteiger partial charge in [-0.1, -0.05) is 6.07 Å². The Morgan fingerprint density at radius 3 is 3.05 bits per heavy atom. The van der Waals surface area contributed by atoms with Gasteiger partial charge >= 0.3 is 5.97 Å². The third kappa shape index (κ3) is 3.13. The number of nitrogens with zero attached hydrogens (tertiary/aromatic N) is 2. The Labute approximate surface area is 137 Å². The minimum Gasteiger partial charge on any atom is -0.456 e. The molecular weight excluding hydrogens is 403 g/mol. The van der Waals surface area contributed by atoms with Gasteiger partial charge in [-0.25, -0.2) is 9.78 Å². The van der Waals surface area contributed by atoms with Gasteiger partial charge in [0.05, 0.1) is 11.3 Å². The van der Waals surface area contributed by atoms with Crippen molar-refractivity contribution in [1.82, 2.24) is 9.38 Å². The van der Waals surface area contributed by atoms with Crippen LogP contribution in [0.2, 0.25) is 0 Å². The molecule has 0 aliphatic carbocycles. The maximum Gasteiger partial charge on any atom is 0.338 e. The average molecular weight is 412 g/mol. The molecule has 7 heteroatoms. The van der Waals surface area contributed by atoms with Crippen LogP contribution in [-0.2, 0) is 11.3 Å². The first-order valence-electron chi connectivity index (χ1n) is 6.02. The van der Waals surface area contributed by atoms with Crippen molar-refractivity contribution in [2.24, 2.45) is 0 Å². The van der Waals surface area contributed by atoms with Gasteiger partial charge in [0.1, 0.15) is 6.61 Å². The lowest BCUT2D eigenvalue weighted by atomic mass is 10.2. The molecule has 0 unspecified atom stereocenters. The van der Waals surface area contributed by atoms with Crippen LogP contribution in [0.25, 0.3) is 4.96 Å². The summed E-state index contributed by atoms with van der Waals surface area (Å²) < 4.78 is 7.61. The lowest BCUT2D eigenvalue weighted by molar-refractivity contribution is 0.0467. The fraction of sp³-hybridized carbons (Fsp3) is 0.0714. The summed E-state index contributed by atoms with van der Waals surface area (Å²) in [4.78, 5) is 28.6. The fourth-order valence-corrected chi connectivity index (χ4v) is 3.08. The average Bonchev–Trinajstić information content (AvgIpc) is 2.93. The zero-order valence-electron chi connectivity index (χ0n) is 10.7. The SMILES string of the molecule is O=C(OCc1cc(=O)n2ccsc2n1)c1cccc(I)c1. The lowest BCUT2D eigenvalue weighted by Gasteiger charge is -2.05. The van der Waals surface area contributed by atoms with Gasteiger partial charge in [-0.05, 0) is 40.8 Å². The van der Waals surface area contributed by atoms with Crippen molar-refractivity contribution >= 4 is 44.9 Å². The van der Waals surface area contributed by atoms with Crippen LogP contribution in [0.1, 0.15) is 16.1 Å². The normalized spacial score (nSPS) is 10.7. The number of halogens is 1. The fourth-order valence-electron chi connectivity index (χ4n) is 1.80. The molecule has 3 aromatic rings. The summed E-state index contributed by atoms with van der Waals surface area (Å²) in [5, 5.41) is 1.78. The molecule has 3 rings (SSSR count). The van der Waals surface area contributed by atoms with E-state index < -0.39 is 5.97 Å². The zero-order valence-corrected chi connectivity index (χ0v) is 13.6. The molecule has 0 saturated carbocycles. The predicted octanol–water partition coefficient (Wildman–Crippen LogP) is 2.72. The number of benzene rings is 1. The first kappa shape index (κ1) is 14.2. The molecule has 0 spiro atoms. The number of aromatic nitrogens is 2. The van der Waals surface area contributed by atoms with Gasteiger partial charge in [0.2, 0.25) is 0 Å². The van der Waals surface area contributed by atoms with Crippen molar-refractivity contribution in [3.8, 4) is 0 Å². The molecule has 106 valence electrons. The number of fused-ring (bicyclic) bond motifs is 1. The van der Waals surface area contributed by atoms with E-state index in [0.717, 1.165) is 3.57 Å². The lowest BCUT2D eigenvalue weighted by Crippen LogP contribution is -2.14. The minimum atomic E-state index is -0.429. The topological polar surface area (TPSA) is 60.7 Å². The van der Waals surface area contributed by atoms with Gasteiger partial charge in [0, 0.05) is 21.2 Å². The van der Waals surface area contributed by atoms with Crippen LogP contribution in [0, 0.1) is 3.57 Å². The Hall–Kier alpha value is -1.74. The van der Waals surface area contributed by atoms with E-state index in [1.54, 1.807) is 29.8 Å². The molecule has 21 heavy (non-hydrogen) atoms. The van der Waals surface area contributed by atoms with Gasteiger partial charge < -0.3 is 4.74 Å². The molecule has 0 bridgehead atoms. The van der Waals surface area contributed by atoms with Gasteiger partial charge in [-0.15, -0.1) is 11.3 Å². The molecule has 5 nitrogen and oxygen atoms in total. The van der Waals surface area contributed by atoms with E-state index in [-0.39, 0.29) is 12.2 Å². The number of esters is 1. The van der Waals surface area contributed by atoms with Crippen LogP contribution in [0.5, 0.6) is 0 Å². The Morgan fingerprint density at radius 2 is 2.24 bits per heavy atom. The summed E-state index contributed by atoms with van der Waals surface area (Å²) in [6.07, 6.45) is 1.66.